The molecule has 0 amide bonds. The second kappa shape index (κ2) is 13.9. The lowest BCUT2D eigenvalue weighted by atomic mass is 9.67. The number of hydrogen-bond donors (Lipinski definition) is 0. The van der Waals surface area contributed by atoms with Crippen LogP contribution in [0.15, 0.2) is 212 Å². The second-order valence-electron chi connectivity index (χ2n) is 20.3. The largest absolute Gasteiger partial charge is 0.310 e. The first kappa shape index (κ1) is 38.1. The summed E-state index contributed by atoms with van der Waals surface area (Å²) in [6, 6.07) is 81.0. The van der Waals surface area contributed by atoms with E-state index in [1.807, 2.05) is 0 Å². The summed E-state index contributed by atoms with van der Waals surface area (Å²) in [6.45, 7) is 4.79. The Bertz CT molecular complexity index is 3370. The summed E-state index contributed by atoms with van der Waals surface area (Å²) in [5, 5.41) is 0. The zero-order valence-corrected chi connectivity index (χ0v) is 37.6. The molecule has 9 aromatic carbocycles. The average Bonchev–Trinajstić information content (AvgIpc) is 4.18. The van der Waals surface area contributed by atoms with Crippen molar-refractivity contribution < 1.29 is 0 Å². The molecule has 0 radical (unpaired) electrons. The van der Waals surface area contributed by atoms with Crippen LogP contribution >= 0.6 is 0 Å². The minimum atomic E-state index is -0.495. The predicted octanol–water partition coefficient (Wildman–Crippen LogP) is 16.6. The Labute approximate surface area is 389 Å². The van der Waals surface area contributed by atoms with Gasteiger partial charge in [-0.2, -0.15) is 0 Å². The minimum Gasteiger partial charge on any atom is -0.310 e. The fraction of sp³-hybridized carbons (Fsp3) is 0.169. The lowest BCUT2D eigenvalue weighted by Gasteiger charge is -2.37. The van der Waals surface area contributed by atoms with Gasteiger partial charge in [-0.3, -0.25) is 0 Å². The van der Waals surface area contributed by atoms with Crippen LogP contribution in [0.5, 0.6) is 0 Å². The quantitative estimate of drug-likeness (QED) is 0.161. The van der Waals surface area contributed by atoms with E-state index in [1.54, 1.807) is 5.56 Å². The van der Waals surface area contributed by atoms with Crippen molar-refractivity contribution in [3.8, 4) is 44.5 Å². The molecule has 316 valence electrons. The normalized spacial score (nSPS) is 20.3. The zero-order valence-electron chi connectivity index (χ0n) is 37.6. The summed E-state index contributed by atoms with van der Waals surface area (Å²) in [5.41, 5.74) is 24.9. The van der Waals surface area contributed by atoms with Crippen LogP contribution in [0.25, 0.3) is 44.5 Å². The van der Waals surface area contributed by atoms with Gasteiger partial charge in [-0.05, 0) is 145 Å². The van der Waals surface area contributed by atoms with E-state index >= 15 is 0 Å². The highest BCUT2D eigenvalue weighted by molar-refractivity contribution is 5.98. The molecule has 0 aliphatic heterocycles. The van der Waals surface area contributed by atoms with Crippen molar-refractivity contribution in [1.82, 2.24) is 0 Å². The van der Waals surface area contributed by atoms with E-state index in [4.69, 9.17) is 0 Å². The molecular formula is C65H51N. The summed E-state index contributed by atoms with van der Waals surface area (Å²) in [7, 11) is 0. The maximum atomic E-state index is 2.62. The molecule has 0 aromatic heterocycles. The Kier molecular flexibility index (Phi) is 8.02. The Morgan fingerprint density at radius 2 is 0.985 bits per heavy atom. The molecule has 0 heterocycles. The van der Waals surface area contributed by atoms with E-state index < -0.39 is 5.41 Å². The Morgan fingerprint density at radius 3 is 1.68 bits per heavy atom. The Morgan fingerprint density at radius 1 is 0.424 bits per heavy atom. The van der Waals surface area contributed by atoms with Gasteiger partial charge in [-0.25, -0.2) is 0 Å². The van der Waals surface area contributed by atoms with Gasteiger partial charge in [0.2, 0.25) is 0 Å². The van der Waals surface area contributed by atoms with Crippen molar-refractivity contribution >= 4 is 17.1 Å². The summed E-state index contributed by atoms with van der Waals surface area (Å²) in [6.07, 6.45) is 5.30. The first-order valence-electron chi connectivity index (χ1n) is 24.2. The van der Waals surface area contributed by atoms with Crippen molar-refractivity contribution in [2.24, 2.45) is 11.8 Å². The average molecular weight is 846 g/mol. The van der Waals surface area contributed by atoms with Crippen molar-refractivity contribution in [3.63, 3.8) is 0 Å². The molecule has 1 heteroatoms. The van der Waals surface area contributed by atoms with Crippen LogP contribution < -0.4 is 4.90 Å². The molecule has 0 N–H and O–H groups in total. The number of rotatable bonds is 6. The number of fused-ring (bicyclic) bond motifs is 14. The van der Waals surface area contributed by atoms with Crippen molar-refractivity contribution in [2.75, 3.05) is 4.90 Å². The molecule has 9 aromatic rings. The van der Waals surface area contributed by atoms with E-state index in [2.05, 4.69) is 231 Å². The first-order chi connectivity index (χ1) is 32.5. The van der Waals surface area contributed by atoms with E-state index in [0.717, 1.165) is 11.6 Å². The number of benzene rings is 9. The lowest BCUT2D eigenvalue weighted by molar-refractivity contribution is 0.327. The predicted molar refractivity (Wildman–Crippen MR) is 273 cm³/mol. The minimum absolute atomic E-state index is 0.0689. The molecule has 2 fully saturated rings. The maximum absolute atomic E-state index is 2.62. The van der Waals surface area contributed by atoms with Gasteiger partial charge >= 0.3 is 0 Å². The molecule has 5 aliphatic carbocycles. The highest BCUT2D eigenvalue weighted by Crippen LogP contribution is 2.67. The fourth-order valence-electron chi connectivity index (χ4n) is 14.5. The summed E-state index contributed by atoms with van der Waals surface area (Å²) < 4.78 is 0. The van der Waals surface area contributed by atoms with E-state index in [9.17, 15) is 0 Å². The van der Waals surface area contributed by atoms with Gasteiger partial charge in [-0.15, -0.1) is 0 Å². The van der Waals surface area contributed by atoms with Crippen LogP contribution in [-0.2, 0) is 16.2 Å². The maximum Gasteiger partial charge on any atom is 0.0714 e. The number of nitrogens with zero attached hydrogens (tertiary/aromatic N) is 1. The van der Waals surface area contributed by atoms with Crippen molar-refractivity contribution in [3.05, 3.63) is 257 Å². The molecular weight excluding hydrogens is 795 g/mol. The fourth-order valence-corrected chi connectivity index (χ4v) is 14.5. The van der Waals surface area contributed by atoms with Gasteiger partial charge in [0.05, 0.1) is 11.1 Å². The SMILES string of the molecule is CC1(C)c2ccccc2-c2cccc(-c3ccc(N(c4ccc5c(c4)C4(CC6CCC4C6)c4ccccc4-5)c4cccc5c4-c4ccccc4C5(c4ccccc4)c4ccccc4)cc3)c21. The van der Waals surface area contributed by atoms with Crippen molar-refractivity contribution in [2.45, 2.75) is 55.8 Å². The first-order valence-corrected chi connectivity index (χ1v) is 24.2. The molecule has 3 atom stereocenters. The van der Waals surface area contributed by atoms with E-state index in [0.29, 0.717) is 5.92 Å². The summed E-state index contributed by atoms with van der Waals surface area (Å²) >= 11 is 0. The Hall–Kier alpha value is -7.22. The third kappa shape index (κ3) is 4.96. The molecule has 2 bridgehead atoms. The highest BCUT2D eigenvalue weighted by Gasteiger charge is 2.57. The number of hydrogen-bond acceptors (Lipinski definition) is 1. The standard InChI is InChI=1S/C65H51N/c1-63(2)55-26-12-9-22-51(55)53-25-15-24-49(62(53)63)43-32-35-47(36-33-43)66(48-37-38-52-50-21-10-13-27-56(50)64(59(52)40-48)41-42-31-34-46(64)39-42)60-30-16-29-58-61(60)54-23-11-14-28-57(54)65(58,44-17-5-3-6-18-44)45-19-7-4-8-20-45/h3-30,32-33,35-38,40,42,46H,31,34,39,41H2,1-2H3. The molecule has 2 saturated carbocycles. The van der Waals surface area contributed by atoms with Crippen LogP contribution in [0.4, 0.5) is 17.1 Å². The van der Waals surface area contributed by atoms with Gasteiger partial charge in [0.15, 0.2) is 0 Å². The molecule has 1 nitrogen and oxygen atoms in total. The third-order valence-corrected chi connectivity index (χ3v) is 17.0. The lowest BCUT2D eigenvalue weighted by Crippen LogP contribution is -2.32. The van der Waals surface area contributed by atoms with Crippen LogP contribution in [0.3, 0.4) is 0 Å². The van der Waals surface area contributed by atoms with Gasteiger partial charge in [-0.1, -0.05) is 202 Å². The van der Waals surface area contributed by atoms with Gasteiger partial charge in [0, 0.05) is 27.8 Å². The number of anilines is 3. The van der Waals surface area contributed by atoms with Crippen LogP contribution in [-0.4, -0.2) is 0 Å². The molecule has 14 rings (SSSR count). The van der Waals surface area contributed by atoms with E-state index in [1.165, 1.54) is 121 Å². The third-order valence-electron chi connectivity index (χ3n) is 17.0. The van der Waals surface area contributed by atoms with Gasteiger partial charge in [0.25, 0.3) is 0 Å². The van der Waals surface area contributed by atoms with Crippen LogP contribution in [0, 0.1) is 11.8 Å². The van der Waals surface area contributed by atoms with Gasteiger partial charge < -0.3 is 4.90 Å². The van der Waals surface area contributed by atoms with E-state index in [-0.39, 0.29) is 10.8 Å². The topological polar surface area (TPSA) is 3.24 Å². The Balaban J connectivity index is 1.01. The molecule has 66 heavy (non-hydrogen) atoms. The molecule has 0 saturated heterocycles. The molecule has 5 aliphatic rings. The van der Waals surface area contributed by atoms with Crippen LogP contribution in [0.2, 0.25) is 0 Å². The summed E-state index contributed by atoms with van der Waals surface area (Å²) in [4.78, 5) is 2.60. The molecule has 3 unspecified atom stereocenters. The monoisotopic (exact) mass is 845 g/mol. The summed E-state index contributed by atoms with van der Waals surface area (Å²) in [5.74, 6) is 1.48. The second-order valence-corrected chi connectivity index (χ2v) is 20.3. The van der Waals surface area contributed by atoms with Gasteiger partial charge in [0.1, 0.15) is 0 Å². The van der Waals surface area contributed by atoms with Crippen molar-refractivity contribution in [1.29, 1.82) is 0 Å². The highest BCUT2D eigenvalue weighted by atomic mass is 15.1. The molecule has 1 spiro atoms. The zero-order chi connectivity index (χ0) is 43.8. The van der Waals surface area contributed by atoms with Crippen LogP contribution in [0.1, 0.15) is 84.0 Å². The smallest absolute Gasteiger partial charge is 0.0714 e.